The van der Waals surface area contributed by atoms with Gasteiger partial charge in [-0.3, -0.25) is 0 Å². The van der Waals surface area contributed by atoms with Crippen LogP contribution in [0.5, 0.6) is 5.88 Å². The second-order valence-electron chi connectivity index (χ2n) is 3.25. The molecule has 1 aromatic rings. The van der Waals surface area contributed by atoms with Crippen molar-refractivity contribution >= 4 is 17.3 Å². The number of rotatable bonds is 4. The summed E-state index contributed by atoms with van der Waals surface area (Å²) >= 11 is 5.73. The molecule has 1 unspecified atom stereocenters. The maximum absolute atomic E-state index is 5.73. The molecule has 14 heavy (non-hydrogen) atoms. The highest BCUT2D eigenvalue weighted by molar-refractivity contribution is 6.29. The first-order valence-corrected chi connectivity index (χ1v) is 5.10. The van der Waals surface area contributed by atoms with Crippen LogP contribution in [0, 0.1) is 0 Å². The largest absolute Gasteiger partial charge is 0.473 e. The fourth-order valence-corrected chi connectivity index (χ4v) is 1.32. The molecule has 0 saturated carbocycles. The molecule has 1 heterocycles. The Hall–Kier alpha value is -0.960. The van der Waals surface area contributed by atoms with E-state index in [0.29, 0.717) is 16.7 Å². The summed E-state index contributed by atoms with van der Waals surface area (Å²) in [7, 11) is 0. The van der Waals surface area contributed by atoms with Crippen molar-refractivity contribution in [2.75, 3.05) is 5.73 Å². The van der Waals surface area contributed by atoms with Crippen LogP contribution in [0.1, 0.15) is 26.7 Å². The second-order valence-corrected chi connectivity index (χ2v) is 3.63. The summed E-state index contributed by atoms with van der Waals surface area (Å²) in [5, 5.41) is 0.401. The van der Waals surface area contributed by atoms with Crippen molar-refractivity contribution in [2.45, 2.75) is 32.8 Å². The molecule has 0 aliphatic heterocycles. The highest BCUT2D eigenvalue weighted by Crippen LogP contribution is 2.22. The van der Waals surface area contributed by atoms with E-state index >= 15 is 0 Å². The Morgan fingerprint density at radius 3 is 2.93 bits per heavy atom. The van der Waals surface area contributed by atoms with Crippen LogP contribution in [-0.2, 0) is 0 Å². The molecule has 0 fully saturated rings. The zero-order valence-electron chi connectivity index (χ0n) is 8.46. The van der Waals surface area contributed by atoms with Gasteiger partial charge in [-0.1, -0.05) is 24.9 Å². The molecule has 0 spiro atoms. The fraction of sp³-hybridized carbons (Fsp3) is 0.500. The lowest BCUT2D eigenvalue weighted by atomic mass is 10.2. The van der Waals surface area contributed by atoms with Gasteiger partial charge < -0.3 is 10.5 Å². The van der Waals surface area contributed by atoms with Crippen molar-refractivity contribution in [1.82, 2.24) is 4.98 Å². The van der Waals surface area contributed by atoms with Gasteiger partial charge in [-0.05, 0) is 25.5 Å². The zero-order chi connectivity index (χ0) is 10.6. The maximum Gasteiger partial charge on any atom is 0.238 e. The summed E-state index contributed by atoms with van der Waals surface area (Å²) in [6.07, 6.45) is 2.17. The summed E-state index contributed by atoms with van der Waals surface area (Å²) in [6, 6.07) is 3.34. The summed E-state index contributed by atoms with van der Waals surface area (Å²) in [4.78, 5) is 4.01. The highest BCUT2D eigenvalue weighted by Gasteiger charge is 2.07. The number of pyridine rings is 1. The monoisotopic (exact) mass is 214 g/mol. The first-order chi connectivity index (χ1) is 6.63. The topological polar surface area (TPSA) is 48.1 Å². The molecule has 0 radical (unpaired) electrons. The summed E-state index contributed by atoms with van der Waals surface area (Å²) in [5.41, 5.74) is 6.21. The van der Waals surface area contributed by atoms with E-state index in [1.165, 1.54) is 0 Å². The minimum Gasteiger partial charge on any atom is -0.473 e. The molecule has 0 aliphatic rings. The van der Waals surface area contributed by atoms with Crippen molar-refractivity contribution in [2.24, 2.45) is 0 Å². The summed E-state index contributed by atoms with van der Waals surface area (Å²) in [6.45, 7) is 4.10. The molecule has 3 nitrogen and oxygen atoms in total. The van der Waals surface area contributed by atoms with Gasteiger partial charge in [-0.15, -0.1) is 0 Å². The van der Waals surface area contributed by atoms with Gasteiger partial charge >= 0.3 is 0 Å². The minimum absolute atomic E-state index is 0.119. The lowest BCUT2D eigenvalue weighted by Crippen LogP contribution is -2.13. The standard InChI is InChI=1S/C10H15ClN2O/c1-3-4-7(2)14-10-8(12)5-6-9(11)13-10/h5-7H,3-4,12H2,1-2H3. The summed E-state index contributed by atoms with van der Waals surface area (Å²) < 4.78 is 5.55. The Morgan fingerprint density at radius 1 is 1.57 bits per heavy atom. The first kappa shape index (κ1) is 11.1. The summed E-state index contributed by atoms with van der Waals surface area (Å²) in [5.74, 6) is 0.429. The number of hydrogen-bond acceptors (Lipinski definition) is 3. The van der Waals surface area contributed by atoms with Crippen LogP contribution in [0.3, 0.4) is 0 Å². The SMILES string of the molecule is CCCC(C)Oc1nc(Cl)ccc1N. The Kier molecular flexibility index (Phi) is 4.01. The van der Waals surface area contributed by atoms with Crippen molar-refractivity contribution in [3.05, 3.63) is 17.3 Å². The average Bonchev–Trinajstić information content (AvgIpc) is 2.12. The van der Waals surface area contributed by atoms with E-state index in [9.17, 15) is 0 Å². The minimum atomic E-state index is 0.119. The number of nitrogens with zero attached hydrogens (tertiary/aromatic N) is 1. The molecule has 4 heteroatoms. The normalized spacial score (nSPS) is 12.5. The number of nitrogen functional groups attached to an aromatic ring is 1. The molecule has 78 valence electrons. The Balaban J connectivity index is 2.70. The number of aromatic nitrogens is 1. The Labute approximate surface area is 89.2 Å². The van der Waals surface area contributed by atoms with Gasteiger partial charge in [0, 0.05) is 0 Å². The van der Waals surface area contributed by atoms with Gasteiger partial charge in [-0.2, -0.15) is 4.98 Å². The van der Waals surface area contributed by atoms with E-state index in [0.717, 1.165) is 12.8 Å². The van der Waals surface area contributed by atoms with Crippen LogP contribution < -0.4 is 10.5 Å². The van der Waals surface area contributed by atoms with E-state index in [2.05, 4.69) is 11.9 Å². The molecular weight excluding hydrogens is 200 g/mol. The number of nitrogens with two attached hydrogens (primary N) is 1. The van der Waals surface area contributed by atoms with Crippen LogP contribution in [0.4, 0.5) is 5.69 Å². The zero-order valence-corrected chi connectivity index (χ0v) is 9.21. The molecule has 0 aliphatic carbocycles. The molecule has 0 bridgehead atoms. The van der Waals surface area contributed by atoms with Gasteiger partial charge in [0.15, 0.2) is 0 Å². The number of halogens is 1. The quantitative estimate of drug-likeness (QED) is 0.785. The fourth-order valence-electron chi connectivity index (χ4n) is 1.18. The van der Waals surface area contributed by atoms with Crippen molar-refractivity contribution in [3.63, 3.8) is 0 Å². The van der Waals surface area contributed by atoms with E-state index in [1.54, 1.807) is 12.1 Å². The molecule has 0 aromatic carbocycles. The van der Waals surface area contributed by atoms with Gasteiger partial charge in [0.05, 0.1) is 11.8 Å². The van der Waals surface area contributed by atoms with Crippen LogP contribution in [-0.4, -0.2) is 11.1 Å². The second kappa shape index (κ2) is 5.05. The molecule has 1 atom stereocenters. The highest BCUT2D eigenvalue weighted by atomic mass is 35.5. The van der Waals surface area contributed by atoms with Gasteiger partial charge in [0.25, 0.3) is 0 Å². The lowest BCUT2D eigenvalue weighted by molar-refractivity contribution is 0.203. The lowest BCUT2D eigenvalue weighted by Gasteiger charge is -2.14. The average molecular weight is 215 g/mol. The first-order valence-electron chi connectivity index (χ1n) is 4.72. The molecule has 0 saturated heterocycles. The number of anilines is 1. The molecule has 2 N–H and O–H groups in total. The third-order valence-electron chi connectivity index (χ3n) is 1.86. The van der Waals surface area contributed by atoms with E-state index in [-0.39, 0.29) is 6.10 Å². The third-order valence-corrected chi connectivity index (χ3v) is 2.07. The van der Waals surface area contributed by atoms with Crippen LogP contribution in [0.2, 0.25) is 5.15 Å². The van der Waals surface area contributed by atoms with Crippen molar-refractivity contribution in [3.8, 4) is 5.88 Å². The van der Waals surface area contributed by atoms with E-state index < -0.39 is 0 Å². The van der Waals surface area contributed by atoms with Crippen LogP contribution in [0.25, 0.3) is 0 Å². The van der Waals surface area contributed by atoms with Gasteiger partial charge in [0.1, 0.15) is 5.15 Å². The van der Waals surface area contributed by atoms with E-state index in [1.807, 2.05) is 6.92 Å². The predicted molar refractivity (Wildman–Crippen MR) is 58.7 cm³/mol. The van der Waals surface area contributed by atoms with Crippen LogP contribution >= 0.6 is 11.6 Å². The molecule has 0 amide bonds. The number of hydrogen-bond donors (Lipinski definition) is 1. The number of ether oxygens (including phenoxy) is 1. The molecular formula is C10H15ClN2O. The van der Waals surface area contributed by atoms with Crippen LogP contribution in [0.15, 0.2) is 12.1 Å². The van der Waals surface area contributed by atoms with Crippen molar-refractivity contribution in [1.29, 1.82) is 0 Å². The van der Waals surface area contributed by atoms with Gasteiger partial charge in [0.2, 0.25) is 5.88 Å². The third kappa shape index (κ3) is 3.07. The maximum atomic E-state index is 5.73. The smallest absolute Gasteiger partial charge is 0.238 e. The van der Waals surface area contributed by atoms with E-state index in [4.69, 9.17) is 22.1 Å². The Morgan fingerprint density at radius 2 is 2.29 bits per heavy atom. The van der Waals surface area contributed by atoms with Gasteiger partial charge in [-0.25, -0.2) is 0 Å². The van der Waals surface area contributed by atoms with Crippen molar-refractivity contribution < 1.29 is 4.74 Å². The Bertz CT molecular complexity index is 304. The molecule has 1 rings (SSSR count). The molecule has 1 aromatic heterocycles. The predicted octanol–water partition coefficient (Wildman–Crippen LogP) is 2.88.